The van der Waals surface area contributed by atoms with Crippen LogP contribution in [0.3, 0.4) is 0 Å². The highest BCUT2D eigenvalue weighted by Gasteiger charge is 2.12. The smallest absolute Gasteiger partial charge is 0.250 e. The normalized spacial score (nSPS) is 10.1. The summed E-state index contributed by atoms with van der Waals surface area (Å²) in [6.45, 7) is 0. The molecule has 0 spiro atoms. The summed E-state index contributed by atoms with van der Waals surface area (Å²) in [5, 5.41) is 0. The molecule has 2 rings (SSSR count). The minimum Gasteiger partial charge on any atom is -0.366 e. The molecule has 0 atom stereocenters. The van der Waals surface area contributed by atoms with Crippen LogP contribution in [0, 0.1) is 3.57 Å². The fraction of sp³-hybridized carbons (Fsp3) is 0. The van der Waals surface area contributed by atoms with E-state index in [9.17, 15) is 4.79 Å². The molecule has 2 aromatic rings. The third-order valence-corrected chi connectivity index (χ3v) is 3.14. The number of pyridine rings is 1. The van der Waals surface area contributed by atoms with E-state index in [4.69, 9.17) is 5.73 Å². The van der Waals surface area contributed by atoms with Crippen LogP contribution < -0.4 is 5.73 Å². The largest absolute Gasteiger partial charge is 0.366 e. The molecule has 16 heavy (non-hydrogen) atoms. The first kappa shape index (κ1) is 11.1. The molecule has 1 heterocycles. The summed E-state index contributed by atoms with van der Waals surface area (Å²) in [7, 11) is 0. The number of nitrogens with zero attached hydrogens (tertiary/aromatic N) is 1. The average molecular weight is 324 g/mol. The van der Waals surface area contributed by atoms with Gasteiger partial charge in [-0.25, -0.2) is 0 Å². The van der Waals surface area contributed by atoms with Crippen LogP contribution in [0.15, 0.2) is 42.6 Å². The van der Waals surface area contributed by atoms with Crippen molar-refractivity contribution in [2.45, 2.75) is 0 Å². The van der Waals surface area contributed by atoms with Crippen LogP contribution in [-0.2, 0) is 0 Å². The highest BCUT2D eigenvalue weighted by atomic mass is 127. The van der Waals surface area contributed by atoms with Crippen LogP contribution in [0.5, 0.6) is 0 Å². The van der Waals surface area contributed by atoms with E-state index in [2.05, 4.69) is 27.6 Å². The zero-order valence-corrected chi connectivity index (χ0v) is 10.5. The molecule has 0 radical (unpaired) electrons. The van der Waals surface area contributed by atoms with Gasteiger partial charge in [0.25, 0.3) is 5.91 Å². The van der Waals surface area contributed by atoms with Crippen molar-refractivity contribution in [2.75, 3.05) is 0 Å². The van der Waals surface area contributed by atoms with Crippen LogP contribution in [0.2, 0.25) is 0 Å². The predicted molar refractivity (Wildman–Crippen MR) is 70.9 cm³/mol. The van der Waals surface area contributed by atoms with Crippen molar-refractivity contribution in [2.24, 2.45) is 5.73 Å². The van der Waals surface area contributed by atoms with Gasteiger partial charge in [-0.05, 0) is 40.8 Å². The van der Waals surface area contributed by atoms with Crippen molar-refractivity contribution in [1.82, 2.24) is 4.98 Å². The van der Waals surface area contributed by atoms with Gasteiger partial charge in [-0.2, -0.15) is 0 Å². The van der Waals surface area contributed by atoms with E-state index in [1.54, 1.807) is 18.3 Å². The second-order valence-corrected chi connectivity index (χ2v) is 4.41. The lowest BCUT2D eigenvalue weighted by Gasteiger charge is -2.07. The van der Waals surface area contributed by atoms with E-state index in [0.717, 1.165) is 9.13 Å². The highest BCUT2D eigenvalue weighted by molar-refractivity contribution is 14.1. The lowest BCUT2D eigenvalue weighted by atomic mass is 10.1. The van der Waals surface area contributed by atoms with Crippen molar-refractivity contribution < 1.29 is 4.79 Å². The van der Waals surface area contributed by atoms with Crippen molar-refractivity contribution in [3.8, 4) is 11.3 Å². The molecule has 1 aromatic carbocycles. The summed E-state index contributed by atoms with van der Waals surface area (Å²) in [6, 6.07) is 11.1. The quantitative estimate of drug-likeness (QED) is 0.863. The zero-order valence-electron chi connectivity index (χ0n) is 8.35. The first-order chi connectivity index (χ1) is 7.70. The van der Waals surface area contributed by atoms with Crippen LogP contribution >= 0.6 is 22.6 Å². The van der Waals surface area contributed by atoms with E-state index in [1.165, 1.54) is 0 Å². The molecule has 1 amide bonds. The monoisotopic (exact) mass is 324 g/mol. The van der Waals surface area contributed by atoms with Crippen LogP contribution in [0.1, 0.15) is 10.4 Å². The van der Waals surface area contributed by atoms with E-state index in [1.807, 2.05) is 24.3 Å². The van der Waals surface area contributed by atoms with Gasteiger partial charge in [-0.1, -0.05) is 18.2 Å². The number of hydrogen-bond acceptors (Lipinski definition) is 2. The molecule has 0 aliphatic heterocycles. The molecule has 0 saturated heterocycles. The molecule has 4 heteroatoms. The number of carbonyl (C=O) groups excluding carboxylic acids is 1. The minimum absolute atomic E-state index is 0.451. The summed E-state index contributed by atoms with van der Waals surface area (Å²) in [4.78, 5) is 15.5. The number of amides is 1. The van der Waals surface area contributed by atoms with Crippen LogP contribution in [-0.4, -0.2) is 10.9 Å². The number of rotatable bonds is 2. The Balaban J connectivity index is 2.65. The molecular formula is C12H9IN2O. The molecule has 0 saturated carbocycles. The molecular weight excluding hydrogens is 315 g/mol. The molecule has 0 fully saturated rings. The Morgan fingerprint density at radius 1 is 1.19 bits per heavy atom. The Bertz CT molecular complexity index is 540. The van der Waals surface area contributed by atoms with Gasteiger partial charge >= 0.3 is 0 Å². The molecule has 80 valence electrons. The van der Waals surface area contributed by atoms with Gasteiger partial charge in [0.05, 0.1) is 11.3 Å². The number of halogens is 1. The van der Waals surface area contributed by atoms with Gasteiger partial charge in [-0.3, -0.25) is 9.78 Å². The maximum atomic E-state index is 11.3. The van der Waals surface area contributed by atoms with Crippen molar-refractivity contribution in [3.63, 3.8) is 0 Å². The van der Waals surface area contributed by atoms with Gasteiger partial charge in [0.1, 0.15) is 0 Å². The first-order valence-corrected chi connectivity index (χ1v) is 5.78. The van der Waals surface area contributed by atoms with E-state index in [0.29, 0.717) is 11.3 Å². The van der Waals surface area contributed by atoms with Gasteiger partial charge in [-0.15, -0.1) is 0 Å². The molecule has 0 bridgehead atoms. The standard InChI is InChI=1S/C12H9IN2O/c13-10-6-2-1-4-8(10)11-9(12(14)16)5-3-7-15-11/h1-7H,(H2,14,16). The third kappa shape index (κ3) is 2.06. The SMILES string of the molecule is NC(=O)c1cccnc1-c1ccccc1I. The number of hydrogen-bond donors (Lipinski definition) is 1. The van der Waals surface area contributed by atoms with Gasteiger partial charge < -0.3 is 5.73 Å². The Morgan fingerprint density at radius 2 is 1.94 bits per heavy atom. The van der Waals surface area contributed by atoms with Gasteiger partial charge in [0.15, 0.2) is 0 Å². The maximum absolute atomic E-state index is 11.3. The Kier molecular flexibility index (Phi) is 3.19. The lowest BCUT2D eigenvalue weighted by Crippen LogP contribution is -2.13. The van der Waals surface area contributed by atoms with E-state index >= 15 is 0 Å². The Hall–Kier alpha value is -1.43. The lowest BCUT2D eigenvalue weighted by molar-refractivity contribution is 0.100. The zero-order chi connectivity index (χ0) is 11.5. The van der Waals surface area contributed by atoms with Crippen LogP contribution in [0.4, 0.5) is 0 Å². The Morgan fingerprint density at radius 3 is 2.62 bits per heavy atom. The predicted octanol–water partition coefficient (Wildman–Crippen LogP) is 2.45. The number of nitrogens with two attached hydrogens (primary N) is 1. The molecule has 0 unspecified atom stereocenters. The van der Waals surface area contributed by atoms with E-state index in [-0.39, 0.29) is 0 Å². The van der Waals surface area contributed by atoms with Crippen molar-refractivity contribution in [3.05, 3.63) is 51.7 Å². The molecule has 0 aliphatic carbocycles. The van der Waals surface area contributed by atoms with E-state index < -0.39 is 5.91 Å². The fourth-order valence-corrected chi connectivity index (χ4v) is 2.11. The number of carbonyl (C=O) groups is 1. The average Bonchev–Trinajstić information content (AvgIpc) is 2.29. The highest BCUT2D eigenvalue weighted by Crippen LogP contribution is 2.25. The summed E-state index contributed by atoms with van der Waals surface area (Å²) in [5.74, 6) is -0.456. The first-order valence-electron chi connectivity index (χ1n) is 4.70. The summed E-state index contributed by atoms with van der Waals surface area (Å²) >= 11 is 2.21. The third-order valence-electron chi connectivity index (χ3n) is 2.20. The summed E-state index contributed by atoms with van der Waals surface area (Å²) in [5.41, 5.74) is 7.34. The van der Waals surface area contributed by atoms with Crippen molar-refractivity contribution in [1.29, 1.82) is 0 Å². The Labute approximate surface area is 107 Å². The minimum atomic E-state index is -0.456. The number of primary amides is 1. The fourth-order valence-electron chi connectivity index (χ4n) is 1.47. The summed E-state index contributed by atoms with van der Waals surface area (Å²) < 4.78 is 1.04. The van der Waals surface area contributed by atoms with Crippen molar-refractivity contribution >= 4 is 28.5 Å². The summed E-state index contributed by atoms with van der Waals surface area (Å²) in [6.07, 6.45) is 1.66. The van der Waals surface area contributed by atoms with Gasteiger partial charge in [0, 0.05) is 15.3 Å². The molecule has 0 aliphatic rings. The maximum Gasteiger partial charge on any atom is 0.250 e. The number of aromatic nitrogens is 1. The second kappa shape index (κ2) is 4.61. The molecule has 2 N–H and O–H groups in total. The molecule has 3 nitrogen and oxygen atoms in total. The second-order valence-electron chi connectivity index (χ2n) is 3.24. The van der Waals surface area contributed by atoms with Gasteiger partial charge in [0.2, 0.25) is 0 Å². The van der Waals surface area contributed by atoms with Crippen LogP contribution in [0.25, 0.3) is 11.3 Å². The molecule has 1 aromatic heterocycles. The topological polar surface area (TPSA) is 56.0 Å². The number of benzene rings is 1.